The number of carbonyl (C=O) groups is 1. The van der Waals surface area contributed by atoms with Crippen LogP contribution < -0.4 is 4.74 Å². The Morgan fingerprint density at radius 1 is 1.32 bits per heavy atom. The van der Waals surface area contributed by atoms with Gasteiger partial charge in [-0.3, -0.25) is 4.90 Å². The van der Waals surface area contributed by atoms with E-state index in [4.69, 9.17) is 9.47 Å². The number of nitrogens with zero attached hydrogens (tertiary/aromatic N) is 1. The highest BCUT2D eigenvalue weighted by molar-refractivity contribution is 5.89. The summed E-state index contributed by atoms with van der Waals surface area (Å²) in [5, 5.41) is 19.4. The van der Waals surface area contributed by atoms with Crippen LogP contribution in [0.25, 0.3) is 0 Å². The summed E-state index contributed by atoms with van der Waals surface area (Å²) < 4.78 is 10.6. The minimum Gasteiger partial charge on any atom is -0.491 e. The second-order valence-electron chi connectivity index (χ2n) is 6.37. The SMILES string of the molecule is CCOC(=O)c1ccc(OC[C@H](O)CN2CCCC[C@@H]2CCO)cc1. The summed E-state index contributed by atoms with van der Waals surface area (Å²) in [6, 6.07) is 7.06. The Morgan fingerprint density at radius 2 is 2.08 bits per heavy atom. The third kappa shape index (κ3) is 6.30. The first-order valence-electron chi connectivity index (χ1n) is 9.07. The molecule has 0 amide bonds. The predicted molar refractivity (Wildman–Crippen MR) is 94.8 cm³/mol. The summed E-state index contributed by atoms with van der Waals surface area (Å²) >= 11 is 0. The summed E-state index contributed by atoms with van der Waals surface area (Å²) in [5.74, 6) is 0.256. The summed E-state index contributed by atoms with van der Waals surface area (Å²) in [6.07, 6.45) is 3.54. The molecule has 0 aliphatic carbocycles. The Labute approximate surface area is 149 Å². The number of hydrogen-bond acceptors (Lipinski definition) is 6. The molecule has 1 aliphatic heterocycles. The van der Waals surface area contributed by atoms with Gasteiger partial charge in [0.15, 0.2) is 0 Å². The number of aliphatic hydroxyl groups is 2. The highest BCUT2D eigenvalue weighted by Crippen LogP contribution is 2.20. The zero-order valence-electron chi connectivity index (χ0n) is 14.9. The van der Waals surface area contributed by atoms with Crippen molar-refractivity contribution in [2.24, 2.45) is 0 Å². The quantitative estimate of drug-likeness (QED) is 0.661. The zero-order chi connectivity index (χ0) is 18.1. The van der Waals surface area contributed by atoms with E-state index < -0.39 is 6.10 Å². The number of benzene rings is 1. The van der Waals surface area contributed by atoms with Crippen LogP contribution in [0, 0.1) is 0 Å². The molecule has 0 bridgehead atoms. The van der Waals surface area contributed by atoms with E-state index in [1.165, 1.54) is 6.42 Å². The molecule has 1 aromatic carbocycles. The number of carbonyl (C=O) groups excluding carboxylic acids is 1. The average molecular weight is 351 g/mol. The smallest absolute Gasteiger partial charge is 0.338 e. The van der Waals surface area contributed by atoms with Crippen molar-refractivity contribution in [3.8, 4) is 5.75 Å². The number of aliphatic hydroxyl groups excluding tert-OH is 2. The molecular weight excluding hydrogens is 322 g/mol. The van der Waals surface area contributed by atoms with E-state index in [-0.39, 0.29) is 19.2 Å². The Morgan fingerprint density at radius 3 is 2.76 bits per heavy atom. The summed E-state index contributed by atoms with van der Waals surface area (Å²) in [4.78, 5) is 13.8. The molecular formula is C19H29NO5. The fourth-order valence-corrected chi connectivity index (χ4v) is 3.19. The highest BCUT2D eigenvalue weighted by atomic mass is 16.5. The Hall–Kier alpha value is -1.63. The van der Waals surface area contributed by atoms with Crippen molar-refractivity contribution < 1.29 is 24.5 Å². The number of esters is 1. The van der Waals surface area contributed by atoms with Gasteiger partial charge in [-0.2, -0.15) is 0 Å². The van der Waals surface area contributed by atoms with Crippen LogP contribution in [0.2, 0.25) is 0 Å². The first-order valence-corrected chi connectivity index (χ1v) is 9.07. The summed E-state index contributed by atoms with van der Waals surface area (Å²) in [7, 11) is 0. The summed E-state index contributed by atoms with van der Waals surface area (Å²) in [5.41, 5.74) is 0.481. The zero-order valence-corrected chi connectivity index (χ0v) is 14.9. The maximum Gasteiger partial charge on any atom is 0.338 e. The molecule has 1 aromatic rings. The topological polar surface area (TPSA) is 79.2 Å². The van der Waals surface area contributed by atoms with E-state index in [1.807, 2.05) is 0 Å². The standard InChI is InChI=1S/C19H29NO5/c1-2-24-19(23)15-6-8-18(9-7-15)25-14-17(22)13-20-11-4-3-5-16(20)10-12-21/h6-9,16-17,21-22H,2-5,10-14H2,1H3/t16-,17-/m1/s1. The van der Waals surface area contributed by atoms with Crippen molar-refractivity contribution >= 4 is 5.97 Å². The number of rotatable bonds is 9. The van der Waals surface area contributed by atoms with Crippen molar-refractivity contribution in [3.63, 3.8) is 0 Å². The van der Waals surface area contributed by atoms with E-state index in [1.54, 1.807) is 31.2 Å². The van der Waals surface area contributed by atoms with Gasteiger partial charge in [-0.25, -0.2) is 4.79 Å². The van der Waals surface area contributed by atoms with Crippen LogP contribution in [0.3, 0.4) is 0 Å². The molecule has 1 heterocycles. The Bertz CT molecular complexity index is 517. The van der Waals surface area contributed by atoms with Gasteiger partial charge in [0.2, 0.25) is 0 Å². The van der Waals surface area contributed by atoms with Crippen molar-refractivity contribution in [1.29, 1.82) is 0 Å². The first kappa shape index (κ1) is 19.7. The lowest BCUT2D eigenvalue weighted by molar-refractivity contribution is 0.0332. The third-order valence-electron chi connectivity index (χ3n) is 4.46. The average Bonchev–Trinajstić information content (AvgIpc) is 2.62. The van der Waals surface area contributed by atoms with Gasteiger partial charge in [0, 0.05) is 19.2 Å². The normalized spacial score (nSPS) is 19.4. The van der Waals surface area contributed by atoms with Gasteiger partial charge in [-0.1, -0.05) is 6.42 Å². The van der Waals surface area contributed by atoms with Crippen molar-refractivity contribution in [2.45, 2.75) is 44.8 Å². The molecule has 6 heteroatoms. The predicted octanol–water partition coefficient (Wildman–Crippen LogP) is 1.84. The largest absolute Gasteiger partial charge is 0.491 e. The van der Waals surface area contributed by atoms with Gasteiger partial charge in [-0.05, 0) is 57.0 Å². The third-order valence-corrected chi connectivity index (χ3v) is 4.46. The molecule has 0 aromatic heterocycles. The van der Waals surface area contributed by atoms with Gasteiger partial charge >= 0.3 is 5.97 Å². The van der Waals surface area contributed by atoms with Crippen LogP contribution in [-0.4, -0.2) is 66.1 Å². The van der Waals surface area contributed by atoms with Crippen LogP contribution in [0.15, 0.2) is 24.3 Å². The van der Waals surface area contributed by atoms with Gasteiger partial charge in [0.05, 0.1) is 12.2 Å². The van der Waals surface area contributed by atoms with Gasteiger partial charge in [0.1, 0.15) is 18.5 Å². The molecule has 140 valence electrons. The molecule has 1 aliphatic rings. The molecule has 6 nitrogen and oxygen atoms in total. The minimum absolute atomic E-state index is 0.181. The van der Waals surface area contributed by atoms with Crippen molar-refractivity contribution in [2.75, 3.05) is 32.9 Å². The molecule has 2 atom stereocenters. The Kier molecular flexibility index (Phi) is 8.18. The van der Waals surface area contributed by atoms with Crippen LogP contribution in [0.1, 0.15) is 43.0 Å². The molecule has 0 radical (unpaired) electrons. The number of hydrogen-bond donors (Lipinski definition) is 2. The minimum atomic E-state index is -0.593. The van der Waals surface area contributed by atoms with E-state index in [0.717, 1.165) is 25.8 Å². The number of piperidine rings is 1. The molecule has 25 heavy (non-hydrogen) atoms. The fraction of sp³-hybridized carbons (Fsp3) is 0.632. The second kappa shape index (κ2) is 10.4. The van der Waals surface area contributed by atoms with Crippen LogP contribution in [0.4, 0.5) is 0 Å². The molecule has 2 rings (SSSR count). The fourth-order valence-electron chi connectivity index (χ4n) is 3.19. The first-order chi connectivity index (χ1) is 12.1. The molecule has 0 saturated carbocycles. The molecule has 1 saturated heterocycles. The van der Waals surface area contributed by atoms with E-state index in [2.05, 4.69) is 4.90 Å². The molecule has 2 N–H and O–H groups in total. The monoisotopic (exact) mass is 351 g/mol. The lowest BCUT2D eigenvalue weighted by Gasteiger charge is -2.36. The summed E-state index contributed by atoms with van der Waals surface area (Å²) in [6.45, 7) is 3.99. The lowest BCUT2D eigenvalue weighted by Crippen LogP contribution is -2.45. The van der Waals surface area contributed by atoms with Crippen LogP contribution >= 0.6 is 0 Å². The van der Waals surface area contributed by atoms with Crippen molar-refractivity contribution in [3.05, 3.63) is 29.8 Å². The Balaban J connectivity index is 1.79. The van der Waals surface area contributed by atoms with Gasteiger partial charge in [0.25, 0.3) is 0 Å². The number of ether oxygens (including phenoxy) is 2. The molecule has 0 unspecified atom stereocenters. The number of likely N-dealkylation sites (tertiary alicyclic amines) is 1. The van der Waals surface area contributed by atoms with E-state index >= 15 is 0 Å². The second-order valence-corrected chi connectivity index (χ2v) is 6.37. The maximum absolute atomic E-state index is 11.6. The maximum atomic E-state index is 11.6. The number of β-amino-alcohol motifs (C(OH)–C–C–N with tert-alkyl or cyclic N) is 1. The molecule has 0 spiro atoms. The van der Waals surface area contributed by atoms with Gasteiger partial charge < -0.3 is 19.7 Å². The van der Waals surface area contributed by atoms with E-state index in [9.17, 15) is 15.0 Å². The van der Waals surface area contributed by atoms with E-state index in [0.29, 0.717) is 30.5 Å². The highest BCUT2D eigenvalue weighted by Gasteiger charge is 2.24. The van der Waals surface area contributed by atoms with Crippen LogP contribution in [0.5, 0.6) is 5.75 Å². The van der Waals surface area contributed by atoms with Crippen LogP contribution in [-0.2, 0) is 4.74 Å². The van der Waals surface area contributed by atoms with Crippen molar-refractivity contribution in [1.82, 2.24) is 4.90 Å². The lowest BCUT2D eigenvalue weighted by atomic mass is 9.99. The van der Waals surface area contributed by atoms with Gasteiger partial charge in [-0.15, -0.1) is 0 Å². The molecule has 1 fully saturated rings.